The molecule has 26 heavy (non-hydrogen) atoms. The van der Waals surface area contributed by atoms with Crippen LogP contribution in [0.4, 0.5) is 10.1 Å². The third-order valence-corrected chi connectivity index (χ3v) is 4.78. The number of hydrogen-bond donors (Lipinski definition) is 2. The van der Waals surface area contributed by atoms with Crippen molar-refractivity contribution < 1.29 is 9.18 Å². The van der Waals surface area contributed by atoms with Crippen LogP contribution in [0.3, 0.4) is 0 Å². The number of nitrogen functional groups attached to an aromatic ring is 1. The molecule has 0 aliphatic heterocycles. The molecule has 2 aromatic carbocycles. The number of carbonyl (C=O) groups excluding carboxylic acids is 1. The Labute approximate surface area is 162 Å². The first-order chi connectivity index (χ1) is 12.4. The van der Waals surface area contributed by atoms with E-state index in [1.807, 2.05) is 0 Å². The van der Waals surface area contributed by atoms with Crippen LogP contribution in [0.25, 0.3) is 11.4 Å². The molecule has 0 saturated carbocycles. The number of nitrogens with two attached hydrogens (primary N) is 1. The van der Waals surface area contributed by atoms with Gasteiger partial charge in [-0.3, -0.25) is 4.79 Å². The molecule has 1 heterocycles. The monoisotopic (exact) mass is 411 g/mol. The minimum Gasteiger partial charge on any atom is -0.335 e. The molecule has 1 amide bonds. The fourth-order valence-electron chi connectivity index (χ4n) is 2.12. The summed E-state index contributed by atoms with van der Waals surface area (Å²) in [5.74, 6) is 5.59. The fourth-order valence-corrected chi connectivity index (χ4v) is 3.15. The van der Waals surface area contributed by atoms with Gasteiger partial charge < -0.3 is 11.2 Å². The molecule has 10 heteroatoms. The molecule has 0 aliphatic carbocycles. The van der Waals surface area contributed by atoms with Crippen molar-refractivity contribution in [2.75, 3.05) is 16.9 Å². The lowest BCUT2D eigenvalue weighted by Crippen LogP contribution is -2.16. The van der Waals surface area contributed by atoms with Gasteiger partial charge in [0, 0.05) is 16.3 Å². The highest BCUT2D eigenvalue weighted by Gasteiger charge is 2.16. The summed E-state index contributed by atoms with van der Waals surface area (Å²) in [6, 6.07) is 10.5. The molecule has 0 spiro atoms. The average Bonchev–Trinajstić information content (AvgIpc) is 2.96. The normalized spacial score (nSPS) is 10.7. The zero-order valence-electron chi connectivity index (χ0n) is 13.1. The highest BCUT2D eigenvalue weighted by atomic mass is 35.5. The number of rotatable bonds is 5. The first-order valence-corrected chi connectivity index (χ1v) is 9.02. The minimum atomic E-state index is -0.430. The molecule has 0 fully saturated rings. The minimum absolute atomic E-state index is 0.0229. The molecule has 0 unspecified atom stereocenters. The first-order valence-electron chi connectivity index (χ1n) is 7.28. The molecule has 3 aromatic rings. The van der Waals surface area contributed by atoms with Gasteiger partial charge in [-0.15, -0.1) is 10.2 Å². The molecule has 0 bridgehead atoms. The van der Waals surface area contributed by atoms with Gasteiger partial charge in [0.15, 0.2) is 5.82 Å². The molecule has 0 atom stereocenters. The Morgan fingerprint density at radius 1 is 1.23 bits per heavy atom. The average molecular weight is 412 g/mol. The standard InChI is InChI=1S/C16H12Cl2FN5OS/c17-9-4-5-13(18)12(6-9)15-22-23-16(24(15)20)26-8-14(25)21-11-3-1-2-10(19)7-11/h1-7H,8,20H2,(H,21,25). The third-order valence-electron chi connectivity index (χ3n) is 3.27. The van der Waals surface area contributed by atoms with Crippen molar-refractivity contribution in [2.45, 2.75) is 5.16 Å². The lowest BCUT2D eigenvalue weighted by atomic mass is 10.2. The zero-order chi connectivity index (χ0) is 18.7. The van der Waals surface area contributed by atoms with Gasteiger partial charge in [-0.1, -0.05) is 41.0 Å². The van der Waals surface area contributed by atoms with Crippen molar-refractivity contribution in [3.8, 4) is 11.4 Å². The van der Waals surface area contributed by atoms with Crippen molar-refractivity contribution in [3.05, 3.63) is 58.3 Å². The Bertz CT molecular complexity index is 966. The summed E-state index contributed by atoms with van der Waals surface area (Å²) in [5, 5.41) is 11.8. The second-order valence-electron chi connectivity index (χ2n) is 5.15. The summed E-state index contributed by atoms with van der Waals surface area (Å²) in [5.41, 5.74) is 0.904. The number of amides is 1. The van der Waals surface area contributed by atoms with Gasteiger partial charge in [-0.2, -0.15) is 0 Å². The maximum Gasteiger partial charge on any atom is 0.234 e. The number of hydrogen-bond acceptors (Lipinski definition) is 5. The van der Waals surface area contributed by atoms with Crippen molar-refractivity contribution in [2.24, 2.45) is 0 Å². The van der Waals surface area contributed by atoms with Crippen LogP contribution >= 0.6 is 35.0 Å². The van der Waals surface area contributed by atoms with Crippen LogP contribution in [-0.4, -0.2) is 26.5 Å². The smallest absolute Gasteiger partial charge is 0.234 e. The molecule has 134 valence electrons. The summed E-state index contributed by atoms with van der Waals surface area (Å²) in [7, 11) is 0. The SMILES string of the molecule is Nn1c(SCC(=O)Nc2cccc(F)c2)nnc1-c1cc(Cl)ccc1Cl. The van der Waals surface area contributed by atoms with E-state index < -0.39 is 5.82 Å². The maximum absolute atomic E-state index is 13.1. The van der Waals surface area contributed by atoms with Crippen LogP contribution in [-0.2, 0) is 4.79 Å². The maximum atomic E-state index is 13.1. The van der Waals surface area contributed by atoms with Crippen molar-refractivity contribution >= 4 is 46.6 Å². The fraction of sp³-hybridized carbons (Fsp3) is 0.0625. The van der Waals surface area contributed by atoms with E-state index in [-0.39, 0.29) is 11.7 Å². The number of anilines is 1. The number of aromatic nitrogens is 3. The predicted octanol–water partition coefficient (Wildman–Crippen LogP) is 3.84. The van der Waals surface area contributed by atoms with E-state index in [0.29, 0.717) is 32.3 Å². The summed E-state index contributed by atoms with van der Waals surface area (Å²) in [6.45, 7) is 0. The molecule has 0 aliphatic rings. The van der Waals surface area contributed by atoms with E-state index in [4.69, 9.17) is 29.0 Å². The number of nitrogens with zero attached hydrogens (tertiary/aromatic N) is 3. The number of nitrogens with one attached hydrogen (secondary N) is 1. The molecular formula is C16H12Cl2FN5OS. The second kappa shape index (κ2) is 7.94. The van der Waals surface area contributed by atoms with Gasteiger partial charge in [0.05, 0.1) is 10.8 Å². The predicted molar refractivity (Wildman–Crippen MR) is 101 cm³/mol. The molecule has 0 radical (unpaired) electrons. The van der Waals surface area contributed by atoms with E-state index in [1.54, 1.807) is 24.3 Å². The van der Waals surface area contributed by atoms with Gasteiger partial charge in [-0.05, 0) is 36.4 Å². The Morgan fingerprint density at radius 3 is 2.81 bits per heavy atom. The van der Waals surface area contributed by atoms with Crippen molar-refractivity contribution in [1.82, 2.24) is 14.9 Å². The zero-order valence-corrected chi connectivity index (χ0v) is 15.4. The van der Waals surface area contributed by atoms with Crippen LogP contribution in [0.1, 0.15) is 0 Å². The molecule has 1 aromatic heterocycles. The van der Waals surface area contributed by atoms with Crippen LogP contribution < -0.4 is 11.2 Å². The first kappa shape index (κ1) is 18.5. The van der Waals surface area contributed by atoms with Crippen LogP contribution in [0.2, 0.25) is 10.0 Å². The van der Waals surface area contributed by atoms with Crippen molar-refractivity contribution in [3.63, 3.8) is 0 Å². The molecular weight excluding hydrogens is 400 g/mol. The largest absolute Gasteiger partial charge is 0.335 e. The molecule has 3 rings (SSSR count). The van der Waals surface area contributed by atoms with E-state index in [0.717, 1.165) is 11.8 Å². The summed E-state index contributed by atoms with van der Waals surface area (Å²) >= 11 is 13.2. The Hall–Kier alpha value is -2.29. The Balaban J connectivity index is 1.69. The summed E-state index contributed by atoms with van der Waals surface area (Å²) in [4.78, 5) is 12.0. The topological polar surface area (TPSA) is 85.8 Å². The molecule has 6 nitrogen and oxygen atoms in total. The van der Waals surface area contributed by atoms with Gasteiger partial charge in [0.2, 0.25) is 11.1 Å². The van der Waals surface area contributed by atoms with Crippen LogP contribution in [0.5, 0.6) is 0 Å². The van der Waals surface area contributed by atoms with Gasteiger partial charge >= 0.3 is 0 Å². The third kappa shape index (κ3) is 4.27. The van der Waals surface area contributed by atoms with Crippen LogP contribution in [0.15, 0.2) is 47.6 Å². The van der Waals surface area contributed by atoms with E-state index >= 15 is 0 Å². The van der Waals surface area contributed by atoms with Crippen LogP contribution in [0, 0.1) is 5.82 Å². The summed E-state index contributed by atoms with van der Waals surface area (Å²) in [6.07, 6.45) is 0. The number of benzene rings is 2. The van der Waals surface area contributed by atoms with Gasteiger partial charge in [0.25, 0.3) is 0 Å². The van der Waals surface area contributed by atoms with E-state index in [9.17, 15) is 9.18 Å². The van der Waals surface area contributed by atoms with Crippen molar-refractivity contribution in [1.29, 1.82) is 0 Å². The lowest BCUT2D eigenvalue weighted by molar-refractivity contribution is -0.113. The van der Waals surface area contributed by atoms with Gasteiger partial charge in [-0.25, -0.2) is 9.07 Å². The van der Waals surface area contributed by atoms with Gasteiger partial charge in [0.1, 0.15) is 5.82 Å². The summed E-state index contributed by atoms with van der Waals surface area (Å²) < 4.78 is 14.4. The quantitative estimate of drug-likeness (QED) is 0.491. The Morgan fingerprint density at radius 2 is 2.04 bits per heavy atom. The highest BCUT2D eigenvalue weighted by Crippen LogP contribution is 2.30. The van der Waals surface area contributed by atoms with E-state index in [1.165, 1.54) is 22.9 Å². The number of halogens is 3. The Kier molecular flexibility index (Phi) is 5.65. The molecule has 0 saturated heterocycles. The van der Waals surface area contributed by atoms with E-state index in [2.05, 4.69) is 15.5 Å². The second-order valence-corrected chi connectivity index (χ2v) is 6.93. The lowest BCUT2D eigenvalue weighted by Gasteiger charge is -2.06. The number of carbonyl (C=O) groups is 1. The highest BCUT2D eigenvalue weighted by molar-refractivity contribution is 7.99. The molecule has 3 N–H and O–H groups in total. The number of thioether (sulfide) groups is 1.